The predicted octanol–water partition coefficient (Wildman–Crippen LogP) is 4.53. The summed E-state index contributed by atoms with van der Waals surface area (Å²) in [7, 11) is 0. The number of benzene rings is 2. The van der Waals surface area contributed by atoms with Gasteiger partial charge >= 0.3 is 0 Å². The molecule has 0 spiro atoms. The van der Waals surface area contributed by atoms with Gasteiger partial charge in [-0.25, -0.2) is 4.39 Å². The highest BCUT2D eigenvalue weighted by molar-refractivity contribution is 5.97. The van der Waals surface area contributed by atoms with E-state index >= 15 is 0 Å². The molecule has 0 radical (unpaired) electrons. The number of nitrogens with one attached hydrogen (secondary N) is 1. The third-order valence-corrected chi connectivity index (χ3v) is 5.43. The van der Waals surface area contributed by atoms with E-state index < -0.39 is 0 Å². The summed E-state index contributed by atoms with van der Waals surface area (Å²) in [6.45, 7) is 1.29. The highest BCUT2D eigenvalue weighted by atomic mass is 19.1. The standard InChI is InChI=1S/C22H24FN3O/c23-20-10-6-17(7-11-20)15-26-21-12-18(8-9-19(21)14-25-26)22(27)24-13-16-4-2-1-3-5-16/h6-12,14,16H,1-5,13,15H2,(H,24,27). The zero-order valence-electron chi connectivity index (χ0n) is 15.3. The molecule has 1 aliphatic rings. The third-order valence-electron chi connectivity index (χ3n) is 5.43. The molecule has 1 N–H and O–H groups in total. The van der Waals surface area contributed by atoms with E-state index in [4.69, 9.17) is 0 Å². The van der Waals surface area contributed by atoms with Crippen molar-refractivity contribution >= 4 is 16.8 Å². The van der Waals surface area contributed by atoms with Gasteiger partial charge in [0.05, 0.1) is 18.3 Å². The van der Waals surface area contributed by atoms with Gasteiger partial charge in [-0.1, -0.05) is 37.5 Å². The van der Waals surface area contributed by atoms with E-state index in [1.165, 1.54) is 44.2 Å². The van der Waals surface area contributed by atoms with Crippen molar-refractivity contribution in [1.29, 1.82) is 0 Å². The summed E-state index contributed by atoms with van der Waals surface area (Å²) in [6.07, 6.45) is 8.08. The van der Waals surface area contributed by atoms with Crippen molar-refractivity contribution in [3.05, 3.63) is 65.6 Å². The molecule has 0 aliphatic heterocycles. The van der Waals surface area contributed by atoms with Gasteiger partial charge in [-0.2, -0.15) is 5.10 Å². The summed E-state index contributed by atoms with van der Waals surface area (Å²) in [4.78, 5) is 12.6. The smallest absolute Gasteiger partial charge is 0.251 e. The van der Waals surface area contributed by atoms with Crippen molar-refractivity contribution in [3.8, 4) is 0 Å². The first kappa shape index (κ1) is 17.7. The number of carbonyl (C=O) groups is 1. The quantitative estimate of drug-likeness (QED) is 0.722. The van der Waals surface area contributed by atoms with Crippen LogP contribution in [0.15, 0.2) is 48.7 Å². The van der Waals surface area contributed by atoms with Crippen LogP contribution in [0.3, 0.4) is 0 Å². The fourth-order valence-electron chi connectivity index (χ4n) is 3.83. The Bertz CT molecular complexity index is 926. The van der Waals surface area contributed by atoms with Gasteiger partial charge in [-0.15, -0.1) is 0 Å². The van der Waals surface area contributed by atoms with Crippen molar-refractivity contribution < 1.29 is 9.18 Å². The van der Waals surface area contributed by atoms with Crippen LogP contribution in [0.25, 0.3) is 10.9 Å². The molecule has 3 aromatic rings. The number of halogens is 1. The molecule has 0 bridgehead atoms. The van der Waals surface area contributed by atoms with Crippen molar-refractivity contribution in [1.82, 2.24) is 15.1 Å². The van der Waals surface area contributed by atoms with E-state index in [1.807, 2.05) is 22.9 Å². The summed E-state index contributed by atoms with van der Waals surface area (Å²) in [5.41, 5.74) is 2.53. The Balaban J connectivity index is 1.48. The predicted molar refractivity (Wildman–Crippen MR) is 104 cm³/mol. The Kier molecular flexibility index (Phi) is 5.19. The normalized spacial score (nSPS) is 15.1. The molecule has 0 atom stereocenters. The zero-order chi connectivity index (χ0) is 18.6. The van der Waals surface area contributed by atoms with E-state index in [-0.39, 0.29) is 11.7 Å². The number of amides is 1. The maximum Gasteiger partial charge on any atom is 0.251 e. The molecule has 0 saturated heterocycles. The Morgan fingerprint density at radius 1 is 1.11 bits per heavy atom. The SMILES string of the molecule is O=C(NCC1CCCCC1)c1ccc2cnn(Cc3ccc(F)cc3)c2c1. The summed E-state index contributed by atoms with van der Waals surface area (Å²) in [6, 6.07) is 12.1. The van der Waals surface area contributed by atoms with Crippen LogP contribution in [0.4, 0.5) is 4.39 Å². The minimum atomic E-state index is -0.249. The van der Waals surface area contributed by atoms with E-state index in [2.05, 4.69) is 10.4 Å². The molecule has 1 amide bonds. The number of rotatable bonds is 5. The molecule has 1 heterocycles. The van der Waals surface area contributed by atoms with Crippen molar-refractivity contribution in [3.63, 3.8) is 0 Å². The van der Waals surface area contributed by atoms with Crippen molar-refractivity contribution in [2.45, 2.75) is 38.6 Å². The van der Waals surface area contributed by atoms with E-state index in [9.17, 15) is 9.18 Å². The van der Waals surface area contributed by atoms with Crippen LogP contribution in [0.2, 0.25) is 0 Å². The van der Waals surface area contributed by atoms with Crippen LogP contribution in [0, 0.1) is 11.7 Å². The minimum absolute atomic E-state index is 0.0306. The molecule has 1 fully saturated rings. The Hall–Kier alpha value is -2.69. The average molecular weight is 365 g/mol. The van der Waals surface area contributed by atoms with Gasteiger partial charge in [0.1, 0.15) is 5.82 Å². The average Bonchev–Trinajstić information content (AvgIpc) is 3.11. The van der Waals surface area contributed by atoms with Crippen LogP contribution in [0.5, 0.6) is 0 Å². The monoisotopic (exact) mass is 365 g/mol. The van der Waals surface area contributed by atoms with E-state index in [0.717, 1.165) is 23.0 Å². The molecule has 1 aliphatic carbocycles. The van der Waals surface area contributed by atoms with Gasteiger partial charge in [0, 0.05) is 17.5 Å². The topological polar surface area (TPSA) is 46.9 Å². The van der Waals surface area contributed by atoms with Gasteiger partial charge in [-0.3, -0.25) is 9.48 Å². The highest BCUT2D eigenvalue weighted by Gasteiger charge is 2.15. The first-order valence-corrected chi connectivity index (χ1v) is 9.67. The lowest BCUT2D eigenvalue weighted by Gasteiger charge is -2.21. The molecular weight excluding hydrogens is 341 g/mol. The fourth-order valence-corrected chi connectivity index (χ4v) is 3.83. The molecule has 140 valence electrons. The second kappa shape index (κ2) is 7.91. The van der Waals surface area contributed by atoms with Crippen LogP contribution in [-0.2, 0) is 6.54 Å². The molecule has 1 saturated carbocycles. The molecule has 27 heavy (non-hydrogen) atoms. The van der Waals surface area contributed by atoms with Crippen LogP contribution in [0.1, 0.15) is 48.0 Å². The van der Waals surface area contributed by atoms with Gasteiger partial charge in [0.25, 0.3) is 5.91 Å². The van der Waals surface area contributed by atoms with Gasteiger partial charge in [0.15, 0.2) is 0 Å². The zero-order valence-corrected chi connectivity index (χ0v) is 15.3. The van der Waals surface area contributed by atoms with Gasteiger partial charge in [0.2, 0.25) is 0 Å². The molecular formula is C22H24FN3O. The third kappa shape index (κ3) is 4.18. The van der Waals surface area contributed by atoms with Crippen LogP contribution < -0.4 is 5.32 Å². The molecule has 1 aromatic heterocycles. The number of carbonyl (C=O) groups excluding carboxylic acids is 1. The molecule has 4 rings (SSSR count). The van der Waals surface area contributed by atoms with Crippen LogP contribution in [-0.4, -0.2) is 22.2 Å². The number of hydrogen-bond acceptors (Lipinski definition) is 2. The first-order chi connectivity index (χ1) is 13.2. The molecule has 0 unspecified atom stereocenters. The number of nitrogens with zero attached hydrogens (tertiary/aromatic N) is 2. The lowest BCUT2D eigenvalue weighted by atomic mass is 9.89. The minimum Gasteiger partial charge on any atom is -0.352 e. The maximum atomic E-state index is 13.1. The van der Waals surface area contributed by atoms with E-state index in [0.29, 0.717) is 18.0 Å². The molecule has 4 nitrogen and oxygen atoms in total. The largest absolute Gasteiger partial charge is 0.352 e. The summed E-state index contributed by atoms with van der Waals surface area (Å²) < 4.78 is 14.9. The lowest BCUT2D eigenvalue weighted by Crippen LogP contribution is -2.30. The van der Waals surface area contributed by atoms with Crippen molar-refractivity contribution in [2.24, 2.45) is 5.92 Å². The van der Waals surface area contributed by atoms with E-state index in [1.54, 1.807) is 18.3 Å². The molecule has 2 aromatic carbocycles. The second-order valence-corrected chi connectivity index (χ2v) is 7.42. The first-order valence-electron chi connectivity index (χ1n) is 9.67. The second-order valence-electron chi connectivity index (χ2n) is 7.42. The number of aromatic nitrogens is 2. The Labute approximate surface area is 158 Å². The lowest BCUT2D eigenvalue weighted by molar-refractivity contribution is 0.0943. The highest BCUT2D eigenvalue weighted by Crippen LogP contribution is 2.23. The van der Waals surface area contributed by atoms with Crippen molar-refractivity contribution in [2.75, 3.05) is 6.54 Å². The number of hydrogen-bond donors (Lipinski definition) is 1. The van der Waals surface area contributed by atoms with Gasteiger partial charge < -0.3 is 5.32 Å². The summed E-state index contributed by atoms with van der Waals surface area (Å²) in [5.74, 6) is 0.327. The van der Waals surface area contributed by atoms with Gasteiger partial charge in [-0.05, 0) is 48.6 Å². The fraction of sp³-hybridized carbons (Fsp3) is 0.364. The summed E-state index contributed by atoms with van der Waals surface area (Å²) in [5, 5.41) is 8.50. The molecule has 5 heteroatoms. The maximum absolute atomic E-state index is 13.1. The van der Waals surface area contributed by atoms with Crippen LogP contribution >= 0.6 is 0 Å². The Morgan fingerprint density at radius 2 is 1.89 bits per heavy atom. The summed E-state index contributed by atoms with van der Waals surface area (Å²) >= 11 is 0. The number of fused-ring (bicyclic) bond motifs is 1. The Morgan fingerprint density at radius 3 is 2.67 bits per heavy atom.